The van der Waals surface area contributed by atoms with Gasteiger partial charge in [0, 0.05) is 45.2 Å². The van der Waals surface area contributed by atoms with E-state index in [0.717, 1.165) is 0 Å². The van der Waals surface area contributed by atoms with Crippen LogP contribution in [-0.2, 0) is 21.4 Å². The lowest BCUT2D eigenvalue weighted by atomic mass is 10.2. The van der Waals surface area contributed by atoms with E-state index in [9.17, 15) is 31.2 Å². The van der Waals surface area contributed by atoms with Gasteiger partial charge in [0.05, 0.1) is 4.90 Å². The molecule has 0 bridgehead atoms. The third kappa shape index (κ3) is 6.70. The first-order valence-corrected chi connectivity index (χ1v) is 11.8. The highest BCUT2D eigenvalue weighted by Gasteiger charge is 2.29. The molecule has 1 heterocycles. The molecule has 1 N–H and O–H groups in total. The van der Waals surface area contributed by atoms with Crippen LogP contribution in [0.1, 0.15) is 22.8 Å². The molecule has 0 spiro atoms. The molecule has 0 aromatic heterocycles. The van der Waals surface area contributed by atoms with E-state index in [1.54, 1.807) is 4.90 Å². The summed E-state index contributed by atoms with van der Waals surface area (Å²) in [6.45, 7) is 1.22. The Labute approximate surface area is 195 Å². The minimum Gasteiger partial charge on any atom is -0.484 e. The van der Waals surface area contributed by atoms with Gasteiger partial charge < -0.3 is 15.0 Å². The number of nitrogens with zero attached hydrogens (tertiary/aromatic N) is 2. The Kier molecular flexibility index (Phi) is 7.82. The van der Waals surface area contributed by atoms with Crippen molar-refractivity contribution in [1.29, 1.82) is 0 Å². The van der Waals surface area contributed by atoms with Crippen LogP contribution in [0.2, 0.25) is 0 Å². The van der Waals surface area contributed by atoms with Crippen LogP contribution in [0.25, 0.3) is 0 Å². The lowest BCUT2D eigenvalue weighted by Crippen LogP contribution is -2.49. The predicted octanol–water partition coefficient (Wildman–Crippen LogP) is 2.41. The first-order valence-electron chi connectivity index (χ1n) is 10.4. The van der Waals surface area contributed by atoms with Crippen molar-refractivity contribution in [1.82, 2.24) is 14.5 Å². The standard InChI is InChI=1S/C22H24F3N3O5S/c1-16(29)27-10-12-28(13-11-27)34(31,32)20-8-4-18(5-9-20)21(30)26-14-17-2-6-19(7-3-17)33-15-22(23,24)25/h2-9H,10-15H2,1H3,(H,26,30). The molecule has 0 unspecified atom stereocenters. The highest BCUT2D eigenvalue weighted by Crippen LogP contribution is 2.20. The molecule has 2 aromatic rings. The number of ether oxygens (including phenoxy) is 1. The van der Waals surface area contributed by atoms with Gasteiger partial charge in [0.1, 0.15) is 5.75 Å². The van der Waals surface area contributed by atoms with Gasteiger partial charge in [-0.1, -0.05) is 12.1 Å². The van der Waals surface area contributed by atoms with E-state index >= 15 is 0 Å². The Hall–Kier alpha value is -3.12. The normalized spacial score (nSPS) is 15.1. The van der Waals surface area contributed by atoms with Crippen LogP contribution in [0.5, 0.6) is 5.75 Å². The quantitative estimate of drug-likeness (QED) is 0.631. The zero-order valence-corrected chi connectivity index (χ0v) is 19.2. The third-order valence-corrected chi connectivity index (χ3v) is 7.13. The van der Waals surface area contributed by atoms with Crippen molar-refractivity contribution in [2.45, 2.75) is 24.5 Å². The highest BCUT2D eigenvalue weighted by molar-refractivity contribution is 7.89. The maximum Gasteiger partial charge on any atom is 0.422 e. The molecule has 0 aliphatic carbocycles. The topological polar surface area (TPSA) is 96.0 Å². The average molecular weight is 500 g/mol. The molecule has 34 heavy (non-hydrogen) atoms. The summed E-state index contributed by atoms with van der Waals surface area (Å²) in [5.41, 5.74) is 0.905. The van der Waals surface area contributed by atoms with Gasteiger partial charge in [0.25, 0.3) is 5.91 Å². The van der Waals surface area contributed by atoms with Crippen LogP contribution >= 0.6 is 0 Å². The monoisotopic (exact) mass is 499 g/mol. The van der Waals surface area contributed by atoms with Gasteiger partial charge in [-0.15, -0.1) is 0 Å². The first kappa shape index (κ1) is 25.5. The minimum absolute atomic E-state index is 0.0507. The van der Waals surface area contributed by atoms with Crippen molar-refractivity contribution in [2.75, 3.05) is 32.8 Å². The number of piperazine rings is 1. The van der Waals surface area contributed by atoms with E-state index in [1.165, 1.54) is 59.8 Å². The number of nitrogens with one attached hydrogen (secondary N) is 1. The molecule has 1 saturated heterocycles. The summed E-state index contributed by atoms with van der Waals surface area (Å²) >= 11 is 0. The van der Waals surface area contributed by atoms with E-state index in [2.05, 4.69) is 10.1 Å². The molecule has 1 aliphatic rings. The minimum atomic E-state index is -4.42. The number of amides is 2. The van der Waals surface area contributed by atoms with Crippen LogP contribution < -0.4 is 10.1 Å². The summed E-state index contributed by atoms with van der Waals surface area (Å²) in [6.07, 6.45) is -4.42. The maximum absolute atomic E-state index is 12.8. The molecule has 3 rings (SSSR count). The molecule has 0 saturated carbocycles. The van der Waals surface area contributed by atoms with Crippen molar-refractivity contribution < 1.29 is 35.9 Å². The fourth-order valence-electron chi connectivity index (χ4n) is 3.32. The van der Waals surface area contributed by atoms with Crippen molar-refractivity contribution in [3.63, 3.8) is 0 Å². The van der Waals surface area contributed by atoms with Gasteiger partial charge in [-0.05, 0) is 42.0 Å². The number of halogens is 3. The van der Waals surface area contributed by atoms with Crippen molar-refractivity contribution >= 4 is 21.8 Å². The van der Waals surface area contributed by atoms with Crippen LogP contribution in [0, 0.1) is 0 Å². The second-order valence-corrected chi connectivity index (χ2v) is 9.60. The summed E-state index contributed by atoms with van der Waals surface area (Å²) in [5, 5.41) is 2.67. The van der Waals surface area contributed by atoms with Crippen molar-refractivity contribution in [3.05, 3.63) is 59.7 Å². The van der Waals surface area contributed by atoms with Gasteiger partial charge >= 0.3 is 6.18 Å². The molecule has 8 nitrogen and oxygen atoms in total. The Morgan fingerprint density at radius 2 is 1.56 bits per heavy atom. The average Bonchev–Trinajstić information content (AvgIpc) is 2.81. The van der Waals surface area contributed by atoms with Crippen LogP contribution in [0.15, 0.2) is 53.4 Å². The Bertz CT molecular complexity index is 1110. The van der Waals surface area contributed by atoms with E-state index < -0.39 is 28.7 Å². The maximum atomic E-state index is 12.8. The van der Waals surface area contributed by atoms with Gasteiger partial charge in [-0.25, -0.2) is 8.42 Å². The molecular weight excluding hydrogens is 475 g/mol. The fourth-order valence-corrected chi connectivity index (χ4v) is 4.75. The Balaban J connectivity index is 1.54. The second kappa shape index (κ2) is 10.4. The number of sulfonamides is 1. The van der Waals surface area contributed by atoms with E-state index in [0.29, 0.717) is 18.7 Å². The number of rotatable bonds is 7. The predicted molar refractivity (Wildman–Crippen MR) is 117 cm³/mol. The van der Waals surface area contributed by atoms with Crippen LogP contribution in [0.3, 0.4) is 0 Å². The SMILES string of the molecule is CC(=O)N1CCN(S(=O)(=O)c2ccc(C(=O)NCc3ccc(OCC(F)(F)F)cc3)cc2)CC1. The first-order chi connectivity index (χ1) is 16.0. The van der Waals surface area contributed by atoms with E-state index in [-0.39, 0.29) is 41.7 Å². The molecule has 184 valence electrons. The molecule has 1 fully saturated rings. The number of benzene rings is 2. The number of hydrogen-bond acceptors (Lipinski definition) is 5. The zero-order chi connectivity index (χ0) is 24.9. The molecule has 12 heteroatoms. The number of carbonyl (C=O) groups excluding carboxylic acids is 2. The molecule has 0 radical (unpaired) electrons. The molecule has 2 aromatic carbocycles. The summed E-state index contributed by atoms with van der Waals surface area (Å²) < 4.78 is 68.2. The molecule has 1 aliphatic heterocycles. The number of hydrogen-bond donors (Lipinski definition) is 1. The summed E-state index contributed by atoms with van der Waals surface area (Å²) in [6, 6.07) is 11.3. The fraction of sp³-hybridized carbons (Fsp3) is 0.364. The van der Waals surface area contributed by atoms with Crippen LogP contribution in [0.4, 0.5) is 13.2 Å². The van der Waals surface area contributed by atoms with Gasteiger partial charge in [-0.2, -0.15) is 17.5 Å². The van der Waals surface area contributed by atoms with Gasteiger partial charge in [0.2, 0.25) is 15.9 Å². The smallest absolute Gasteiger partial charge is 0.422 e. The summed E-state index contributed by atoms with van der Waals surface area (Å²) in [7, 11) is -3.75. The summed E-state index contributed by atoms with van der Waals surface area (Å²) in [5.74, 6) is -0.471. The molecule has 0 atom stereocenters. The van der Waals surface area contributed by atoms with Gasteiger partial charge in [-0.3, -0.25) is 9.59 Å². The van der Waals surface area contributed by atoms with Gasteiger partial charge in [0.15, 0.2) is 6.61 Å². The Morgan fingerprint density at radius 1 is 0.971 bits per heavy atom. The second-order valence-electron chi connectivity index (χ2n) is 7.67. The van der Waals surface area contributed by atoms with Crippen molar-refractivity contribution in [3.8, 4) is 5.75 Å². The van der Waals surface area contributed by atoms with E-state index in [1.807, 2.05) is 0 Å². The number of carbonyl (C=O) groups is 2. The third-order valence-electron chi connectivity index (χ3n) is 5.22. The Morgan fingerprint density at radius 3 is 2.09 bits per heavy atom. The van der Waals surface area contributed by atoms with Crippen LogP contribution in [-0.4, -0.2) is 68.4 Å². The molecule has 2 amide bonds. The summed E-state index contributed by atoms with van der Waals surface area (Å²) in [4.78, 5) is 25.5. The number of alkyl halides is 3. The zero-order valence-electron chi connectivity index (χ0n) is 18.3. The largest absolute Gasteiger partial charge is 0.484 e. The van der Waals surface area contributed by atoms with Crippen molar-refractivity contribution in [2.24, 2.45) is 0 Å². The lowest BCUT2D eigenvalue weighted by Gasteiger charge is -2.33. The lowest BCUT2D eigenvalue weighted by molar-refractivity contribution is -0.153. The highest BCUT2D eigenvalue weighted by atomic mass is 32.2. The molecular formula is C22H24F3N3O5S. The van der Waals surface area contributed by atoms with E-state index in [4.69, 9.17) is 0 Å².